The lowest BCUT2D eigenvalue weighted by Crippen LogP contribution is -2.24. The maximum atomic E-state index is 14.1. The number of hydrogen-bond donors (Lipinski definition) is 2. The number of halogens is 1. The van der Waals surface area contributed by atoms with E-state index in [-0.39, 0.29) is 23.7 Å². The van der Waals surface area contributed by atoms with Gasteiger partial charge in [0.15, 0.2) is 5.65 Å². The van der Waals surface area contributed by atoms with E-state index in [2.05, 4.69) is 9.97 Å². The van der Waals surface area contributed by atoms with Gasteiger partial charge in [-0.1, -0.05) is 36.4 Å². The van der Waals surface area contributed by atoms with E-state index in [0.29, 0.717) is 39.1 Å². The van der Waals surface area contributed by atoms with E-state index in [1.165, 1.54) is 18.5 Å². The van der Waals surface area contributed by atoms with Crippen LogP contribution in [0.15, 0.2) is 83.9 Å². The van der Waals surface area contributed by atoms with Crippen molar-refractivity contribution in [1.29, 1.82) is 0 Å². The summed E-state index contributed by atoms with van der Waals surface area (Å²) >= 11 is 0. The molecule has 0 aliphatic rings. The summed E-state index contributed by atoms with van der Waals surface area (Å²) < 4.78 is 17.4. The lowest BCUT2D eigenvalue weighted by Gasteiger charge is -2.16. The number of phenolic OH excluding ortho intramolecular Hbond substituents is 1. The van der Waals surface area contributed by atoms with Gasteiger partial charge in [0.25, 0.3) is 5.56 Å². The largest absolute Gasteiger partial charge is 0.508 e. The Morgan fingerprint density at radius 1 is 0.973 bits per heavy atom. The molecule has 9 heteroatoms. The quantitative estimate of drug-likeness (QED) is 0.373. The molecule has 0 saturated carbocycles. The zero-order valence-corrected chi connectivity index (χ0v) is 19.8. The minimum absolute atomic E-state index is 0.141. The molecule has 0 radical (unpaired) electrons. The summed E-state index contributed by atoms with van der Waals surface area (Å²) in [6.07, 6.45) is 1.33. The van der Waals surface area contributed by atoms with Gasteiger partial charge in [-0.15, -0.1) is 0 Å². The summed E-state index contributed by atoms with van der Waals surface area (Å²) in [5, 5.41) is 16.6. The number of nitrogens with two attached hydrogens (primary N) is 1. The summed E-state index contributed by atoms with van der Waals surface area (Å²) in [6.45, 7) is 2.09. The van der Waals surface area contributed by atoms with Crippen molar-refractivity contribution in [2.24, 2.45) is 0 Å². The van der Waals surface area contributed by atoms with E-state index >= 15 is 0 Å². The Labute approximate surface area is 210 Å². The van der Waals surface area contributed by atoms with E-state index in [0.717, 1.165) is 17.0 Å². The Morgan fingerprint density at radius 2 is 1.78 bits per heavy atom. The Balaban J connectivity index is 1.61. The number of nitrogen functional groups attached to an aromatic ring is 1. The summed E-state index contributed by atoms with van der Waals surface area (Å²) in [6, 6.07) is 20.8. The van der Waals surface area contributed by atoms with Crippen molar-refractivity contribution in [3.05, 3.63) is 107 Å². The van der Waals surface area contributed by atoms with Crippen molar-refractivity contribution in [2.45, 2.75) is 13.5 Å². The molecule has 0 amide bonds. The van der Waals surface area contributed by atoms with E-state index in [4.69, 9.17) is 10.8 Å². The molecule has 3 aromatic heterocycles. The number of aryl methyl sites for hydroxylation is 1. The van der Waals surface area contributed by atoms with Crippen molar-refractivity contribution in [1.82, 2.24) is 24.3 Å². The fourth-order valence-electron chi connectivity index (χ4n) is 4.77. The van der Waals surface area contributed by atoms with Gasteiger partial charge >= 0.3 is 0 Å². The highest BCUT2D eigenvalue weighted by molar-refractivity contribution is 5.98. The van der Waals surface area contributed by atoms with Gasteiger partial charge < -0.3 is 10.8 Å². The number of fused-ring (bicyclic) bond motifs is 2. The standard InChI is InChI=1S/C28H21FN6O2/c1-16-6-5-7-17-11-21(35(28(37)23(16)17)20-8-3-2-4-9-20)14-34-27-24(26(30)31-15-32-27)25(33-34)18-10-19(29)13-22(36)12-18/h2-13,15,36H,14H2,1H3,(H2,30,31,32). The van der Waals surface area contributed by atoms with Crippen LogP contribution in [0.4, 0.5) is 10.2 Å². The molecule has 0 atom stereocenters. The lowest BCUT2D eigenvalue weighted by atomic mass is 10.1. The first-order valence-electron chi connectivity index (χ1n) is 11.6. The number of anilines is 1. The van der Waals surface area contributed by atoms with Gasteiger partial charge in [0.1, 0.15) is 29.4 Å². The lowest BCUT2D eigenvalue weighted by molar-refractivity contribution is 0.469. The molecule has 0 fully saturated rings. The highest BCUT2D eigenvalue weighted by atomic mass is 19.1. The number of aromatic hydroxyl groups is 1. The molecule has 0 spiro atoms. The van der Waals surface area contributed by atoms with Crippen LogP contribution in [0.5, 0.6) is 5.75 Å². The fourth-order valence-corrected chi connectivity index (χ4v) is 4.77. The monoisotopic (exact) mass is 492 g/mol. The number of phenols is 1. The van der Waals surface area contributed by atoms with Gasteiger partial charge in [-0.2, -0.15) is 5.10 Å². The molecule has 182 valence electrons. The van der Waals surface area contributed by atoms with Crippen LogP contribution in [0.1, 0.15) is 11.3 Å². The normalized spacial score (nSPS) is 11.4. The second kappa shape index (κ2) is 8.56. The van der Waals surface area contributed by atoms with Crippen LogP contribution in [0.25, 0.3) is 38.8 Å². The van der Waals surface area contributed by atoms with E-state index in [9.17, 15) is 14.3 Å². The van der Waals surface area contributed by atoms with Crippen molar-refractivity contribution in [3.63, 3.8) is 0 Å². The topological polar surface area (TPSA) is 112 Å². The Kier molecular flexibility index (Phi) is 5.19. The molecule has 0 saturated heterocycles. The summed E-state index contributed by atoms with van der Waals surface area (Å²) in [7, 11) is 0. The summed E-state index contributed by atoms with van der Waals surface area (Å²) in [5.41, 5.74) is 9.41. The SMILES string of the molecule is Cc1cccc2cc(Cn3nc(-c4cc(O)cc(F)c4)c4c(N)ncnc43)n(-c3ccccc3)c(=O)c12. The number of aromatic nitrogens is 5. The number of hydrogen-bond acceptors (Lipinski definition) is 6. The van der Waals surface area contributed by atoms with Gasteiger partial charge in [0, 0.05) is 23.0 Å². The van der Waals surface area contributed by atoms with Gasteiger partial charge in [-0.3, -0.25) is 9.36 Å². The molecule has 37 heavy (non-hydrogen) atoms. The second-order valence-corrected chi connectivity index (χ2v) is 8.81. The summed E-state index contributed by atoms with van der Waals surface area (Å²) in [5.74, 6) is -0.684. The molecule has 8 nitrogen and oxygen atoms in total. The first-order valence-corrected chi connectivity index (χ1v) is 11.6. The minimum atomic E-state index is -0.615. The highest BCUT2D eigenvalue weighted by Gasteiger charge is 2.20. The molecular weight excluding hydrogens is 471 g/mol. The number of nitrogens with zero attached hydrogens (tertiary/aromatic N) is 5. The van der Waals surface area contributed by atoms with Gasteiger partial charge in [0.05, 0.1) is 17.3 Å². The number of benzene rings is 3. The number of pyridine rings is 1. The number of para-hydroxylation sites is 1. The fraction of sp³-hybridized carbons (Fsp3) is 0.0714. The molecule has 3 aromatic carbocycles. The van der Waals surface area contributed by atoms with Gasteiger partial charge in [-0.25, -0.2) is 19.0 Å². The maximum absolute atomic E-state index is 14.1. The van der Waals surface area contributed by atoms with Crippen LogP contribution in [0.2, 0.25) is 0 Å². The Bertz CT molecular complexity index is 1860. The third-order valence-corrected chi connectivity index (χ3v) is 6.37. The van der Waals surface area contributed by atoms with Crippen LogP contribution in [-0.4, -0.2) is 29.4 Å². The molecule has 0 unspecified atom stereocenters. The van der Waals surface area contributed by atoms with Crippen molar-refractivity contribution < 1.29 is 9.50 Å². The van der Waals surface area contributed by atoms with Crippen LogP contribution < -0.4 is 11.3 Å². The molecular formula is C28H21FN6O2. The van der Waals surface area contributed by atoms with Crippen LogP contribution in [0, 0.1) is 12.7 Å². The van der Waals surface area contributed by atoms with E-state index < -0.39 is 5.82 Å². The van der Waals surface area contributed by atoms with Gasteiger partial charge in [-0.05, 0) is 48.2 Å². The molecule has 0 bridgehead atoms. The minimum Gasteiger partial charge on any atom is -0.508 e. The average molecular weight is 493 g/mol. The molecule has 6 aromatic rings. The van der Waals surface area contributed by atoms with E-state index in [1.807, 2.05) is 61.5 Å². The van der Waals surface area contributed by atoms with Crippen LogP contribution in [0.3, 0.4) is 0 Å². The molecule has 3 N–H and O–H groups in total. The highest BCUT2D eigenvalue weighted by Crippen LogP contribution is 2.33. The Morgan fingerprint density at radius 3 is 2.57 bits per heavy atom. The molecule has 3 heterocycles. The zero-order chi connectivity index (χ0) is 25.7. The van der Waals surface area contributed by atoms with Crippen molar-refractivity contribution in [2.75, 3.05) is 5.73 Å². The van der Waals surface area contributed by atoms with Crippen LogP contribution >= 0.6 is 0 Å². The Hall–Kier alpha value is -5.05. The number of rotatable bonds is 4. The van der Waals surface area contributed by atoms with Crippen molar-refractivity contribution >= 4 is 27.6 Å². The summed E-state index contributed by atoms with van der Waals surface area (Å²) in [4.78, 5) is 22.3. The van der Waals surface area contributed by atoms with Crippen LogP contribution in [-0.2, 0) is 6.54 Å². The maximum Gasteiger partial charge on any atom is 0.263 e. The first kappa shape index (κ1) is 22.4. The smallest absolute Gasteiger partial charge is 0.263 e. The zero-order valence-electron chi connectivity index (χ0n) is 19.8. The second-order valence-electron chi connectivity index (χ2n) is 8.81. The molecule has 6 rings (SSSR count). The molecule has 0 aliphatic carbocycles. The van der Waals surface area contributed by atoms with E-state index in [1.54, 1.807) is 9.25 Å². The van der Waals surface area contributed by atoms with Gasteiger partial charge in [0.2, 0.25) is 0 Å². The predicted molar refractivity (Wildman–Crippen MR) is 140 cm³/mol. The predicted octanol–water partition coefficient (Wildman–Crippen LogP) is 4.58. The van der Waals surface area contributed by atoms with Crippen molar-refractivity contribution in [3.8, 4) is 22.7 Å². The third-order valence-electron chi connectivity index (χ3n) is 6.37. The third kappa shape index (κ3) is 3.77. The molecule has 0 aliphatic heterocycles. The first-order chi connectivity index (χ1) is 17.9. The average Bonchev–Trinajstić information content (AvgIpc) is 3.24.